The fraction of sp³-hybridized carbons (Fsp3) is 0.625. The Balaban J connectivity index is 2.05. The molecule has 1 aromatic rings. The number of rotatable bonds is 3. The summed E-state index contributed by atoms with van der Waals surface area (Å²) in [6, 6.07) is 4.99. The molecule has 0 amide bonds. The Labute approximate surface area is 115 Å². The average Bonchev–Trinajstić information content (AvgIpc) is 2.53. The van der Waals surface area contributed by atoms with Gasteiger partial charge in [0.25, 0.3) is 0 Å². The van der Waals surface area contributed by atoms with E-state index in [0.717, 1.165) is 25.2 Å². The minimum atomic E-state index is -0.193. The van der Waals surface area contributed by atoms with Gasteiger partial charge in [0.1, 0.15) is 5.82 Å². The van der Waals surface area contributed by atoms with Crippen LogP contribution in [0, 0.1) is 11.2 Å². The molecule has 2 N–H and O–H groups in total. The maximum Gasteiger partial charge on any atom is 0.123 e. The molecule has 0 aliphatic carbocycles. The van der Waals surface area contributed by atoms with Crippen LogP contribution < -0.4 is 5.73 Å². The Kier molecular flexibility index (Phi) is 4.58. The molecule has 1 saturated heterocycles. The van der Waals surface area contributed by atoms with Crippen molar-refractivity contribution in [3.05, 3.63) is 35.1 Å². The average molecular weight is 264 g/mol. The van der Waals surface area contributed by atoms with Crippen LogP contribution in [0.3, 0.4) is 0 Å². The van der Waals surface area contributed by atoms with Gasteiger partial charge in [0.05, 0.1) is 0 Å². The van der Waals surface area contributed by atoms with Crippen molar-refractivity contribution in [1.29, 1.82) is 0 Å². The molecule has 3 heteroatoms. The lowest BCUT2D eigenvalue weighted by atomic mass is 9.85. The van der Waals surface area contributed by atoms with E-state index < -0.39 is 0 Å². The second kappa shape index (κ2) is 6.02. The van der Waals surface area contributed by atoms with E-state index in [1.807, 2.05) is 6.07 Å². The summed E-state index contributed by atoms with van der Waals surface area (Å²) in [7, 11) is 0. The molecule has 1 aliphatic rings. The molecule has 1 fully saturated rings. The van der Waals surface area contributed by atoms with Crippen LogP contribution in [0.4, 0.5) is 4.39 Å². The first-order valence-corrected chi connectivity index (χ1v) is 7.20. The summed E-state index contributed by atoms with van der Waals surface area (Å²) >= 11 is 0. The van der Waals surface area contributed by atoms with E-state index >= 15 is 0 Å². The Hall–Kier alpha value is -0.930. The van der Waals surface area contributed by atoms with Crippen molar-refractivity contribution < 1.29 is 4.39 Å². The maximum absolute atomic E-state index is 13.2. The summed E-state index contributed by atoms with van der Waals surface area (Å²) in [6.45, 7) is 8.24. The SMILES string of the molecule is CC1(C)CCCN(Cc2ccc(F)cc2CN)CC1. The molecule has 0 unspecified atom stereocenters. The number of likely N-dealkylation sites (tertiary alicyclic amines) is 1. The second-order valence-electron chi connectivity index (χ2n) is 6.41. The Bertz CT molecular complexity index is 429. The summed E-state index contributed by atoms with van der Waals surface area (Å²) in [5.41, 5.74) is 8.27. The van der Waals surface area contributed by atoms with Gasteiger partial charge in [-0.15, -0.1) is 0 Å². The van der Waals surface area contributed by atoms with Gasteiger partial charge < -0.3 is 5.73 Å². The van der Waals surface area contributed by atoms with Gasteiger partial charge in [-0.25, -0.2) is 4.39 Å². The third kappa shape index (κ3) is 4.02. The lowest BCUT2D eigenvalue weighted by molar-refractivity contribution is 0.255. The largest absolute Gasteiger partial charge is 0.326 e. The predicted molar refractivity (Wildman–Crippen MR) is 77.2 cm³/mol. The number of nitrogens with two attached hydrogens (primary N) is 1. The van der Waals surface area contributed by atoms with Crippen molar-refractivity contribution in [2.24, 2.45) is 11.1 Å². The zero-order chi connectivity index (χ0) is 13.9. The Morgan fingerprint density at radius 1 is 1.21 bits per heavy atom. The second-order valence-corrected chi connectivity index (χ2v) is 6.41. The molecule has 1 heterocycles. The van der Waals surface area contributed by atoms with Crippen molar-refractivity contribution in [3.8, 4) is 0 Å². The van der Waals surface area contributed by atoms with Gasteiger partial charge in [-0.05, 0) is 61.0 Å². The van der Waals surface area contributed by atoms with E-state index in [4.69, 9.17) is 5.73 Å². The van der Waals surface area contributed by atoms with E-state index in [-0.39, 0.29) is 5.82 Å². The van der Waals surface area contributed by atoms with E-state index in [9.17, 15) is 4.39 Å². The number of nitrogens with zero attached hydrogens (tertiary/aromatic N) is 1. The summed E-state index contributed by atoms with van der Waals surface area (Å²) < 4.78 is 13.2. The van der Waals surface area contributed by atoms with Crippen LogP contribution in [0.15, 0.2) is 18.2 Å². The highest BCUT2D eigenvalue weighted by Crippen LogP contribution is 2.30. The van der Waals surface area contributed by atoms with E-state index in [2.05, 4.69) is 18.7 Å². The van der Waals surface area contributed by atoms with Crippen LogP contribution in [0.2, 0.25) is 0 Å². The van der Waals surface area contributed by atoms with E-state index in [0.29, 0.717) is 12.0 Å². The molecule has 0 atom stereocenters. The first kappa shape index (κ1) is 14.5. The molecule has 1 aliphatic heterocycles. The molecule has 2 nitrogen and oxygen atoms in total. The van der Waals surface area contributed by atoms with Crippen LogP contribution in [-0.4, -0.2) is 18.0 Å². The summed E-state index contributed by atoms with van der Waals surface area (Å²) in [5.74, 6) is -0.193. The van der Waals surface area contributed by atoms with Gasteiger partial charge in [-0.2, -0.15) is 0 Å². The number of benzene rings is 1. The van der Waals surface area contributed by atoms with E-state index in [1.54, 1.807) is 6.07 Å². The van der Waals surface area contributed by atoms with Crippen LogP contribution in [-0.2, 0) is 13.1 Å². The summed E-state index contributed by atoms with van der Waals surface area (Å²) in [5, 5.41) is 0. The molecule has 19 heavy (non-hydrogen) atoms. The zero-order valence-corrected chi connectivity index (χ0v) is 12.1. The number of halogens is 1. The highest BCUT2D eigenvalue weighted by atomic mass is 19.1. The quantitative estimate of drug-likeness (QED) is 0.907. The molecule has 0 spiro atoms. The van der Waals surface area contributed by atoms with Gasteiger partial charge in [-0.1, -0.05) is 19.9 Å². The molecule has 0 radical (unpaired) electrons. The minimum Gasteiger partial charge on any atom is -0.326 e. The third-order valence-corrected chi connectivity index (χ3v) is 4.21. The first-order chi connectivity index (χ1) is 9.00. The topological polar surface area (TPSA) is 29.3 Å². The molecule has 0 bridgehead atoms. The van der Waals surface area contributed by atoms with Gasteiger partial charge in [0, 0.05) is 13.1 Å². The number of hydrogen-bond donors (Lipinski definition) is 1. The number of hydrogen-bond acceptors (Lipinski definition) is 2. The third-order valence-electron chi connectivity index (χ3n) is 4.21. The molecular formula is C16H25FN2. The van der Waals surface area contributed by atoms with Crippen molar-refractivity contribution in [3.63, 3.8) is 0 Å². The van der Waals surface area contributed by atoms with Crippen LogP contribution >= 0.6 is 0 Å². The predicted octanol–water partition coefficient (Wildman–Crippen LogP) is 3.30. The monoisotopic (exact) mass is 264 g/mol. The smallest absolute Gasteiger partial charge is 0.123 e. The highest BCUT2D eigenvalue weighted by molar-refractivity contribution is 5.27. The first-order valence-electron chi connectivity index (χ1n) is 7.20. The minimum absolute atomic E-state index is 0.193. The fourth-order valence-electron chi connectivity index (χ4n) is 2.82. The normalized spacial score (nSPS) is 20.2. The lowest BCUT2D eigenvalue weighted by Crippen LogP contribution is -2.25. The van der Waals surface area contributed by atoms with Crippen LogP contribution in [0.5, 0.6) is 0 Å². The van der Waals surface area contributed by atoms with Gasteiger partial charge in [0.2, 0.25) is 0 Å². The van der Waals surface area contributed by atoms with Crippen molar-refractivity contribution in [1.82, 2.24) is 4.90 Å². The van der Waals surface area contributed by atoms with Gasteiger partial charge >= 0.3 is 0 Å². The Morgan fingerprint density at radius 3 is 2.74 bits per heavy atom. The lowest BCUT2D eigenvalue weighted by Gasteiger charge is -2.24. The molecule has 2 rings (SSSR count). The van der Waals surface area contributed by atoms with Gasteiger partial charge in [0.15, 0.2) is 0 Å². The summed E-state index contributed by atoms with van der Waals surface area (Å²) in [6.07, 6.45) is 3.76. The molecule has 1 aromatic carbocycles. The molecular weight excluding hydrogens is 239 g/mol. The summed E-state index contributed by atoms with van der Waals surface area (Å²) in [4.78, 5) is 2.47. The van der Waals surface area contributed by atoms with Crippen molar-refractivity contribution in [2.45, 2.75) is 46.2 Å². The van der Waals surface area contributed by atoms with Gasteiger partial charge in [-0.3, -0.25) is 4.90 Å². The molecule has 0 saturated carbocycles. The Morgan fingerprint density at radius 2 is 2.00 bits per heavy atom. The van der Waals surface area contributed by atoms with Crippen LogP contribution in [0.25, 0.3) is 0 Å². The van der Waals surface area contributed by atoms with Crippen molar-refractivity contribution in [2.75, 3.05) is 13.1 Å². The zero-order valence-electron chi connectivity index (χ0n) is 12.1. The van der Waals surface area contributed by atoms with Crippen LogP contribution in [0.1, 0.15) is 44.2 Å². The molecule has 0 aromatic heterocycles. The standard InChI is InChI=1S/C16H25FN2/c1-16(2)6-3-8-19(9-7-16)12-13-4-5-15(17)10-14(13)11-18/h4-5,10H,3,6-9,11-12,18H2,1-2H3. The maximum atomic E-state index is 13.2. The van der Waals surface area contributed by atoms with Crippen molar-refractivity contribution >= 4 is 0 Å². The fourth-order valence-corrected chi connectivity index (χ4v) is 2.82. The molecule has 106 valence electrons. The van der Waals surface area contributed by atoms with E-state index in [1.165, 1.54) is 30.9 Å². The highest BCUT2D eigenvalue weighted by Gasteiger charge is 2.23.